The van der Waals surface area contributed by atoms with E-state index in [-0.39, 0.29) is 0 Å². The summed E-state index contributed by atoms with van der Waals surface area (Å²) in [5, 5.41) is 4.43. The number of nitrogens with one attached hydrogen (secondary N) is 2. The number of nitrogens with zero attached hydrogens (tertiary/aromatic N) is 1. The zero-order valence-corrected chi connectivity index (χ0v) is 12.8. The molecule has 18 heavy (non-hydrogen) atoms. The van der Waals surface area contributed by atoms with Gasteiger partial charge >= 0.3 is 0 Å². The Hall–Kier alpha value is -0.0400. The molecule has 0 amide bonds. The highest BCUT2D eigenvalue weighted by molar-refractivity contribution is 8.06. The number of hydrogen-bond donors (Lipinski definition) is 2. The molecule has 2 aliphatic heterocycles. The monoisotopic (exact) mass is 299 g/mol. The van der Waals surface area contributed by atoms with Crippen molar-refractivity contribution in [2.24, 2.45) is 0 Å². The predicted octanol–water partition coefficient (Wildman–Crippen LogP) is 2.69. The first kappa shape index (κ1) is 13.0. The standard InChI is InChI=1S/C12H17N3S3/c1-7-10(18-5-4-17-7)11-14-9-2-3-13-6-8(9)12(16)15-11/h7,10,13H,2-6H2,1H3,(H,14,15,16). The molecular formula is C12H17N3S3. The molecule has 98 valence electrons. The van der Waals surface area contributed by atoms with E-state index in [0.717, 1.165) is 30.0 Å². The third kappa shape index (κ3) is 2.48. The highest BCUT2D eigenvalue weighted by atomic mass is 32.2. The number of thioether (sulfide) groups is 2. The molecule has 0 bridgehead atoms. The number of H-pyrrole nitrogens is 1. The van der Waals surface area contributed by atoms with Crippen LogP contribution in [0, 0.1) is 4.64 Å². The first-order valence-corrected chi connectivity index (χ1v) is 8.82. The van der Waals surface area contributed by atoms with Gasteiger partial charge in [-0.05, 0) is 0 Å². The van der Waals surface area contributed by atoms with E-state index in [1.54, 1.807) is 0 Å². The van der Waals surface area contributed by atoms with Gasteiger partial charge in [0.1, 0.15) is 10.5 Å². The van der Waals surface area contributed by atoms with Crippen LogP contribution in [-0.4, -0.2) is 33.3 Å². The van der Waals surface area contributed by atoms with Crippen LogP contribution in [0.15, 0.2) is 0 Å². The minimum absolute atomic E-state index is 0.464. The molecule has 2 aliphatic rings. The van der Waals surface area contributed by atoms with Crippen molar-refractivity contribution in [1.29, 1.82) is 0 Å². The molecule has 0 aromatic carbocycles. The molecule has 3 nitrogen and oxygen atoms in total. The lowest BCUT2D eigenvalue weighted by molar-refractivity contribution is 0.615. The van der Waals surface area contributed by atoms with Crippen molar-refractivity contribution in [3.63, 3.8) is 0 Å². The third-order valence-corrected chi connectivity index (χ3v) is 6.87. The molecule has 0 spiro atoms. The predicted molar refractivity (Wildman–Crippen MR) is 82.0 cm³/mol. The Morgan fingerprint density at radius 2 is 2.17 bits per heavy atom. The Kier molecular flexibility index (Phi) is 3.98. The Morgan fingerprint density at radius 3 is 3.00 bits per heavy atom. The van der Waals surface area contributed by atoms with E-state index in [9.17, 15) is 0 Å². The second-order valence-corrected chi connectivity index (χ2v) is 7.80. The van der Waals surface area contributed by atoms with Gasteiger partial charge in [0, 0.05) is 47.5 Å². The van der Waals surface area contributed by atoms with E-state index in [0.29, 0.717) is 10.5 Å². The van der Waals surface area contributed by atoms with Crippen molar-refractivity contribution in [2.75, 3.05) is 18.1 Å². The molecule has 3 heterocycles. The lowest BCUT2D eigenvalue weighted by Crippen LogP contribution is -2.27. The first-order valence-electron chi connectivity index (χ1n) is 6.31. The van der Waals surface area contributed by atoms with Gasteiger partial charge in [0.15, 0.2) is 0 Å². The Balaban J connectivity index is 1.97. The van der Waals surface area contributed by atoms with Crippen LogP contribution in [0.5, 0.6) is 0 Å². The molecule has 1 fully saturated rings. The van der Waals surface area contributed by atoms with E-state index in [4.69, 9.17) is 12.2 Å². The van der Waals surface area contributed by atoms with Crippen LogP contribution in [0.4, 0.5) is 0 Å². The topological polar surface area (TPSA) is 40.7 Å². The second-order valence-electron chi connectivity index (χ2n) is 4.68. The van der Waals surface area contributed by atoms with Crippen molar-refractivity contribution in [3.05, 3.63) is 21.7 Å². The van der Waals surface area contributed by atoms with Crippen LogP contribution in [0.1, 0.15) is 29.3 Å². The minimum Gasteiger partial charge on any atom is -0.346 e. The van der Waals surface area contributed by atoms with Gasteiger partial charge in [-0.2, -0.15) is 11.8 Å². The summed E-state index contributed by atoms with van der Waals surface area (Å²) >= 11 is 9.49. The van der Waals surface area contributed by atoms with Gasteiger partial charge in [0.2, 0.25) is 0 Å². The maximum absolute atomic E-state index is 5.45. The van der Waals surface area contributed by atoms with Gasteiger partial charge in [-0.3, -0.25) is 0 Å². The van der Waals surface area contributed by atoms with Crippen LogP contribution in [0.3, 0.4) is 0 Å². The van der Waals surface area contributed by atoms with Crippen molar-refractivity contribution in [3.8, 4) is 0 Å². The zero-order chi connectivity index (χ0) is 12.5. The summed E-state index contributed by atoms with van der Waals surface area (Å²) < 4.78 is 0.786. The molecule has 1 saturated heterocycles. The van der Waals surface area contributed by atoms with Gasteiger partial charge in [-0.15, -0.1) is 11.8 Å². The summed E-state index contributed by atoms with van der Waals surface area (Å²) in [6.07, 6.45) is 1.04. The largest absolute Gasteiger partial charge is 0.346 e. The summed E-state index contributed by atoms with van der Waals surface area (Å²) in [5.41, 5.74) is 2.49. The van der Waals surface area contributed by atoms with Crippen LogP contribution in [-0.2, 0) is 13.0 Å². The van der Waals surface area contributed by atoms with E-state index in [1.165, 1.54) is 22.8 Å². The van der Waals surface area contributed by atoms with Gasteiger partial charge in [0.05, 0.1) is 5.25 Å². The first-order chi connectivity index (χ1) is 8.75. The number of aromatic amines is 1. The average Bonchev–Trinajstić information content (AvgIpc) is 2.39. The van der Waals surface area contributed by atoms with Gasteiger partial charge in [-0.1, -0.05) is 19.1 Å². The van der Waals surface area contributed by atoms with E-state index >= 15 is 0 Å². The molecule has 1 aromatic rings. The maximum Gasteiger partial charge on any atom is 0.134 e. The number of fused-ring (bicyclic) bond motifs is 1. The Morgan fingerprint density at radius 1 is 1.33 bits per heavy atom. The third-order valence-electron chi connectivity index (χ3n) is 3.43. The fraction of sp³-hybridized carbons (Fsp3) is 0.667. The van der Waals surface area contributed by atoms with Gasteiger partial charge in [0.25, 0.3) is 0 Å². The quantitative estimate of drug-likeness (QED) is 0.780. The molecule has 0 saturated carbocycles. The van der Waals surface area contributed by atoms with Crippen LogP contribution in [0.25, 0.3) is 0 Å². The molecule has 3 rings (SSSR count). The smallest absolute Gasteiger partial charge is 0.134 e. The Labute approximate surface area is 121 Å². The molecule has 2 atom stereocenters. The summed E-state index contributed by atoms with van der Waals surface area (Å²) in [7, 11) is 0. The lowest BCUT2D eigenvalue weighted by atomic mass is 10.1. The summed E-state index contributed by atoms with van der Waals surface area (Å²) in [4.78, 5) is 8.20. The fourth-order valence-corrected chi connectivity index (χ4v) is 5.46. The van der Waals surface area contributed by atoms with Crippen molar-refractivity contribution < 1.29 is 0 Å². The van der Waals surface area contributed by atoms with E-state index in [1.807, 2.05) is 23.5 Å². The zero-order valence-electron chi connectivity index (χ0n) is 10.4. The SMILES string of the molecule is CC1SCCSC1c1nc(=S)c2c([nH]1)CCNC2. The van der Waals surface area contributed by atoms with E-state index in [2.05, 4.69) is 22.2 Å². The highest BCUT2D eigenvalue weighted by Gasteiger charge is 2.27. The molecule has 0 aliphatic carbocycles. The number of aromatic nitrogens is 2. The van der Waals surface area contributed by atoms with Crippen molar-refractivity contribution in [1.82, 2.24) is 15.3 Å². The minimum atomic E-state index is 0.464. The van der Waals surface area contributed by atoms with Crippen LogP contribution >= 0.6 is 35.7 Å². The highest BCUT2D eigenvalue weighted by Crippen LogP contribution is 2.41. The van der Waals surface area contributed by atoms with Gasteiger partial charge < -0.3 is 10.3 Å². The normalized spacial score (nSPS) is 27.8. The van der Waals surface area contributed by atoms with Crippen molar-refractivity contribution in [2.45, 2.75) is 30.4 Å². The second kappa shape index (κ2) is 5.53. The lowest BCUT2D eigenvalue weighted by Gasteiger charge is -2.28. The molecule has 6 heteroatoms. The molecule has 2 N–H and O–H groups in total. The summed E-state index contributed by atoms with van der Waals surface area (Å²) in [6.45, 7) is 4.19. The number of rotatable bonds is 1. The number of hydrogen-bond acceptors (Lipinski definition) is 5. The van der Waals surface area contributed by atoms with Gasteiger partial charge in [-0.25, -0.2) is 4.98 Å². The maximum atomic E-state index is 5.45. The van der Waals surface area contributed by atoms with Crippen LogP contribution < -0.4 is 5.32 Å². The van der Waals surface area contributed by atoms with Crippen LogP contribution in [0.2, 0.25) is 0 Å². The Bertz CT molecular complexity index is 500. The van der Waals surface area contributed by atoms with Crippen molar-refractivity contribution >= 4 is 35.7 Å². The van der Waals surface area contributed by atoms with E-state index < -0.39 is 0 Å². The molecule has 0 radical (unpaired) electrons. The molecule has 2 unspecified atom stereocenters. The summed E-state index contributed by atoms with van der Waals surface area (Å²) in [6, 6.07) is 0. The molecular weight excluding hydrogens is 282 g/mol. The average molecular weight is 299 g/mol. The fourth-order valence-electron chi connectivity index (χ4n) is 2.45. The molecule has 1 aromatic heterocycles. The summed E-state index contributed by atoms with van der Waals surface area (Å²) in [5.74, 6) is 3.55.